The molecule has 1 saturated heterocycles. The van der Waals surface area contributed by atoms with Gasteiger partial charge in [-0.05, 0) is 13.8 Å². The molecule has 0 saturated carbocycles. The first kappa shape index (κ1) is 18.1. The molecule has 1 rings (SSSR count). The first-order valence-corrected chi connectivity index (χ1v) is 6.31. The molecule has 112 valence electrons. The summed E-state index contributed by atoms with van der Waals surface area (Å²) in [6.45, 7) is 6.60. The van der Waals surface area contributed by atoms with Gasteiger partial charge in [0, 0.05) is 32.2 Å². The van der Waals surface area contributed by atoms with Crippen molar-refractivity contribution in [2.75, 3.05) is 33.3 Å². The van der Waals surface area contributed by atoms with Gasteiger partial charge < -0.3 is 15.4 Å². The fourth-order valence-electron chi connectivity index (χ4n) is 2.12. The SMILES string of the molecule is COC(=O)CC(C)N1CCN(C(=O)C(C)N)CC1.Cl. The quantitative estimate of drug-likeness (QED) is 0.730. The Morgan fingerprint density at radius 1 is 1.21 bits per heavy atom. The van der Waals surface area contributed by atoms with E-state index in [1.165, 1.54) is 7.11 Å². The Morgan fingerprint density at radius 2 is 1.74 bits per heavy atom. The number of nitrogens with two attached hydrogens (primary N) is 1. The molecular weight excluding hydrogens is 270 g/mol. The summed E-state index contributed by atoms with van der Waals surface area (Å²) in [5.74, 6) is -0.202. The highest BCUT2D eigenvalue weighted by Crippen LogP contribution is 2.10. The van der Waals surface area contributed by atoms with Crippen LogP contribution in [0.1, 0.15) is 20.3 Å². The molecule has 0 aliphatic carbocycles. The van der Waals surface area contributed by atoms with E-state index in [4.69, 9.17) is 5.73 Å². The van der Waals surface area contributed by atoms with Gasteiger partial charge in [0.05, 0.1) is 19.6 Å². The molecule has 2 atom stereocenters. The fraction of sp³-hybridized carbons (Fsp3) is 0.833. The zero-order valence-corrected chi connectivity index (χ0v) is 12.6. The number of piperazine rings is 1. The van der Waals surface area contributed by atoms with E-state index in [-0.39, 0.29) is 30.3 Å². The average Bonchev–Trinajstić information content (AvgIpc) is 2.37. The van der Waals surface area contributed by atoms with Gasteiger partial charge in [0.25, 0.3) is 0 Å². The minimum atomic E-state index is -0.441. The van der Waals surface area contributed by atoms with E-state index in [0.717, 1.165) is 13.1 Å². The second-order valence-electron chi connectivity index (χ2n) is 4.78. The second-order valence-corrected chi connectivity index (χ2v) is 4.78. The number of esters is 1. The lowest BCUT2D eigenvalue weighted by molar-refractivity contribution is -0.143. The third-order valence-corrected chi connectivity index (χ3v) is 3.33. The van der Waals surface area contributed by atoms with Crippen molar-refractivity contribution < 1.29 is 14.3 Å². The van der Waals surface area contributed by atoms with Crippen LogP contribution in [-0.4, -0.2) is 67.0 Å². The third kappa shape index (κ3) is 5.34. The molecule has 1 amide bonds. The molecule has 2 N–H and O–H groups in total. The molecule has 1 fully saturated rings. The molecule has 0 aromatic heterocycles. The van der Waals surface area contributed by atoms with Crippen molar-refractivity contribution in [1.82, 2.24) is 9.80 Å². The number of nitrogens with zero attached hydrogens (tertiary/aromatic N) is 2. The highest BCUT2D eigenvalue weighted by molar-refractivity contribution is 5.85. The summed E-state index contributed by atoms with van der Waals surface area (Å²) < 4.78 is 4.66. The van der Waals surface area contributed by atoms with E-state index in [0.29, 0.717) is 19.5 Å². The van der Waals surface area contributed by atoms with E-state index in [9.17, 15) is 9.59 Å². The number of rotatable bonds is 4. The highest BCUT2D eigenvalue weighted by atomic mass is 35.5. The van der Waals surface area contributed by atoms with Gasteiger partial charge in [-0.15, -0.1) is 12.4 Å². The number of carbonyl (C=O) groups is 2. The Kier molecular flexibility index (Phi) is 7.97. The molecule has 7 heteroatoms. The molecule has 1 aliphatic heterocycles. The fourth-order valence-corrected chi connectivity index (χ4v) is 2.12. The number of carbonyl (C=O) groups excluding carboxylic acids is 2. The summed E-state index contributed by atoms with van der Waals surface area (Å²) in [4.78, 5) is 26.9. The van der Waals surface area contributed by atoms with Gasteiger partial charge in [-0.25, -0.2) is 0 Å². The molecule has 0 radical (unpaired) electrons. The highest BCUT2D eigenvalue weighted by Gasteiger charge is 2.26. The number of methoxy groups -OCH3 is 1. The van der Waals surface area contributed by atoms with Gasteiger partial charge in [0.1, 0.15) is 0 Å². The summed E-state index contributed by atoms with van der Waals surface area (Å²) in [6, 6.07) is -0.297. The van der Waals surface area contributed by atoms with Gasteiger partial charge in [-0.3, -0.25) is 14.5 Å². The molecule has 0 aromatic rings. The molecule has 0 aromatic carbocycles. The standard InChI is InChI=1S/C12H23N3O3.ClH/c1-9(8-11(16)18-3)14-4-6-15(7-5-14)12(17)10(2)13;/h9-10H,4-8,13H2,1-3H3;1H. The van der Waals surface area contributed by atoms with Crippen LogP contribution >= 0.6 is 12.4 Å². The van der Waals surface area contributed by atoms with E-state index >= 15 is 0 Å². The zero-order chi connectivity index (χ0) is 13.7. The normalized spacial score (nSPS) is 19.3. The number of amides is 1. The van der Waals surface area contributed by atoms with Crippen molar-refractivity contribution in [2.45, 2.75) is 32.4 Å². The minimum absolute atomic E-state index is 0. The van der Waals surface area contributed by atoms with Crippen LogP contribution in [0.5, 0.6) is 0 Å². The summed E-state index contributed by atoms with van der Waals surface area (Å²) in [7, 11) is 1.40. The van der Waals surface area contributed by atoms with Gasteiger partial charge in [-0.2, -0.15) is 0 Å². The van der Waals surface area contributed by atoms with Crippen molar-refractivity contribution in [1.29, 1.82) is 0 Å². The van der Waals surface area contributed by atoms with Crippen molar-refractivity contribution in [3.8, 4) is 0 Å². The van der Waals surface area contributed by atoms with Crippen LogP contribution in [0.15, 0.2) is 0 Å². The first-order chi connectivity index (χ1) is 8.45. The van der Waals surface area contributed by atoms with Gasteiger partial charge in [0.2, 0.25) is 5.91 Å². The maximum atomic E-state index is 11.7. The predicted octanol–water partition coefficient (Wildman–Crippen LogP) is -0.149. The van der Waals surface area contributed by atoms with Gasteiger partial charge >= 0.3 is 5.97 Å². The summed E-state index contributed by atoms with van der Waals surface area (Å²) in [5, 5.41) is 0. The molecule has 1 heterocycles. The topological polar surface area (TPSA) is 75.9 Å². The summed E-state index contributed by atoms with van der Waals surface area (Å²) in [5.41, 5.74) is 5.58. The number of ether oxygens (including phenoxy) is 1. The predicted molar refractivity (Wildman–Crippen MR) is 75.1 cm³/mol. The monoisotopic (exact) mass is 293 g/mol. The van der Waals surface area contributed by atoms with Crippen LogP contribution in [0.3, 0.4) is 0 Å². The van der Waals surface area contributed by atoms with E-state index in [1.807, 2.05) is 6.92 Å². The van der Waals surface area contributed by atoms with Crippen LogP contribution in [0.4, 0.5) is 0 Å². The third-order valence-electron chi connectivity index (χ3n) is 3.33. The summed E-state index contributed by atoms with van der Waals surface area (Å²) in [6.07, 6.45) is 0.387. The first-order valence-electron chi connectivity index (χ1n) is 6.31. The Hall–Kier alpha value is -0.850. The van der Waals surface area contributed by atoms with Gasteiger partial charge in [-0.1, -0.05) is 0 Å². The zero-order valence-electron chi connectivity index (χ0n) is 11.8. The van der Waals surface area contributed by atoms with Crippen LogP contribution < -0.4 is 5.73 Å². The van der Waals surface area contributed by atoms with Crippen molar-refractivity contribution in [3.63, 3.8) is 0 Å². The summed E-state index contributed by atoms with van der Waals surface area (Å²) >= 11 is 0. The Bertz CT molecular complexity index is 305. The van der Waals surface area contributed by atoms with Crippen molar-refractivity contribution in [3.05, 3.63) is 0 Å². The van der Waals surface area contributed by atoms with E-state index in [2.05, 4.69) is 9.64 Å². The van der Waals surface area contributed by atoms with Crippen LogP contribution in [0.25, 0.3) is 0 Å². The number of hydrogen-bond acceptors (Lipinski definition) is 5. The maximum absolute atomic E-state index is 11.7. The number of hydrogen-bond donors (Lipinski definition) is 1. The molecule has 0 spiro atoms. The average molecular weight is 294 g/mol. The second kappa shape index (κ2) is 8.35. The lowest BCUT2D eigenvalue weighted by atomic mass is 10.1. The lowest BCUT2D eigenvalue weighted by Crippen LogP contribution is -2.54. The Labute approximate surface area is 120 Å². The smallest absolute Gasteiger partial charge is 0.307 e. The maximum Gasteiger partial charge on any atom is 0.307 e. The van der Waals surface area contributed by atoms with Crippen molar-refractivity contribution >= 4 is 24.3 Å². The van der Waals surface area contributed by atoms with Crippen LogP contribution in [0, 0.1) is 0 Å². The molecular formula is C12H24ClN3O3. The minimum Gasteiger partial charge on any atom is -0.469 e. The van der Waals surface area contributed by atoms with Crippen LogP contribution in [-0.2, 0) is 14.3 Å². The van der Waals surface area contributed by atoms with Crippen molar-refractivity contribution in [2.24, 2.45) is 5.73 Å². The van der Waals surface area contributed by atoms with Gasteiger partial charge in [0.15, 0.2) is 0 Å². The largest absolute Gasteiger partial charge is 0.469 e. The molecule has 6 nitrogen and oxygen atoms in total. The Morgan fingerprint density at radius 3 is 2.16 bits per heavy atom. The Balaban J connectivity index is 0.00000324. The lowest BCUT2D eigenvalue weighted by Gasteiger charge is -2.38. The molecule has 0 bridgehead atoms. The van der Waals surface area contributed by atoms with Crippen LogP contribution in [0.2, 0.25) is 0 Å². The molecule has 19 heavy (non-hydrogen) atoms. The van der Waals surface area contributed by atoms with E-state index in [1.54, 1.807) is 11.8 Å². The van der Waals surface area contributed by atoms with E-state index < -0.39 is 6.04 Å². The molecule has 2 unspecified atom stereocenters. The molecule has 1 aliphatic rings. The number of halogens is 1.